The van der Waals surface area contributed by atoms with Crippen LogP contribution in [0.2, 0.25) is 0 Å². The van der Waals surface area contributed by atoms with Gasteiger partial charge in [-0.1, -0.05) is 0 Å². The molecule has 0 unspecified atom stereocenters. The zero-order valence-electron chi connectivity index (χ0n) is 7.29. The molecule has 0 saturated heterocycles. The molecule has 0 aliphatic heterocycles. The minimum Gasteiger partial charge on any atom is -0.358 e. The molecule has 0 aromatic carbocycles. The molecule has 0 N–H and O–H groups in total. The SMILES string of the molecule is Cc1c([N+](=O)[O-])nc(C(F)(F)F)n1C. The van der Waals surface area contributed by atoms with Gasteiger partial charge >= 0.3 is 17.8 Å². The van der Waals surface area contributed by atoms with Gasteiger partial charge in [-0.3, -0.25) is 0 Å². The highest BCUT2D eigenvalue weighted by Crippen LogP contribution is 2.31. The first-order chi connectivity index (χ1) is 6.25. The van der Waals surface area contributed by atoms with Gasteiger partial charge in [-0.25, -0.2) is 0 Å². The van der Waals surface area contributed by atoms with Crippen LogP contribution in [0, 0.1) is 17.0 Å². The molecule has 0 fully saturated rings. The highest BCUT2D eigenvalue weighted by molar-refractivity contribution is 5.29. The zero-order valence-corrected chi connectivity index (χ0v) is 7.29. The Bertz CT molecular complexity index is 382. The number of hydrogen-bond acceptors (Lipinski definition) is 3. The van der Waals surface area contributed by atoms with E-state index in [1.807, 2.05) is 0 Å². The van der Waals surface area contributed by atoms with Crippen molar-refractivity contribution in [2.45, 2.75) is 13.1 Å². The summed E-state index contributed by atoms with van der Waals surface area (Å²) >= 11 is 0. The third-order valence-corrected chi connectivity index (χ3v) is 1.78. The van der Waals surface area contributed by atoms with Gasteiger partial charge in [0.15, 0.2) is 0 Å². The number of rotatable bonds is 1. The first-order valence-electron chi connectivity index (χ1n) is 3.50. The van der Waals surface area contributed by atoms with Crippen LogP contribution in [0.15, 0.2) is 0 Å². The second-order valence-corrected chi connectivity index (χ2v) is 2.66. The third-order valence-electron chi connectivity index (χ3n) is 1.78. The molecule has 0 atom stereocenters. The molecule has 0 radical (unpaired) electrons. The predicted molar refractivity (Wildman–Crippen MR) is 39.6 cm³/mol. The Kier molecular flexibility index (Phi) is 2.22. The van der Waals surface area contributed by atoms with Crippen LogP contribution in [0.25, 0.3) is 0 Å². The summed E-state index contributed by atoms with van der Waals surface area (Å²) in [6, 6.07) is 0. The average Bonchev–Trinajstić information content (AvgIpc) is 2.28. The van der Waals surface area contributed by atoms with E-state index in [-0.39, 0.29) is 5.69 Å². The maximum atomic E-state index is 12.2. The summed E-state index contributed by atoms with van der Waals surface area (Å²) in [6.45, 7) is 1.21. The number of halogens is 3. The third kappa shape index (κ3) is 1.54. The molecule has 1 aromatic heterocycles. The molecule has 0 spiro atoms. The van der Waals surface area contributed by atoms with E-state index < -0.39 is 22.7 Å². The molecule has 0 aliphatic rings. The lowest BCUT2D eigenvalue weighted by Crippen LogP contribution is -2.13. The minimum atomic E-state index is -4.67. The predicted octanol–water partition coefficient (Wildman–Crippen LogP) is 1.66. The van der Waals surface area contributed by atoms with E-state index in [2.05, 4.69) is 4.98 Å². The lowest BCUT2D eigenvalue weighted by Gasteiger charge is -2.01. The fourth-order valence-corrected chi connectivity index (χ4v) is 0.992. The van der Waals surface area contributed by atoms with Crippen LogP contribution >= 0.6 is 0 Å². The average molecular weight is 209 g/mol. The molecule has 0 amide bonds. The van der Waals surface area contributed by atoms with Gasteiger partial charge in [0.05, 0.1) is 0 Å². The highest BCUT2D eigenvalue weighted by Gasteiger charge is 2.43. The molecule has 1 heterocycles. The number of nitrogens with zero attached hydrogens (tertiary/aromatic N) is 3. The summed E-state index contributed by atoms with van der Waals surface area (Å²) < 4.78 is 37.2. The monoisotopic (exact) mass is 209 g/mol. The van der Waals surface area contributed by atoms with Gasteiger partial charge in [-0.15, -0.1) is 0 Å². The van der Waals surface area contributed by atoms with Gasteiger partial charge in [0.25, 0.3) is 0 Å². The molecule has 0 saturated carbocycles. The van der Waals surface area contributed by atoms with Crippen molar-refractivity contribution in [2.24, 2.45) is 7.05 Å². The number of imidazole rings is 1. The number of alkyl halides is 3. The largest absolute Gasteiger partial charge is 0.475 e. The second kappa shape index (κ2) is 2.96. The normalized spacial score (nSPS) is 11.8. The highest BCUT2D eigenvalue weighted by atomic mass is 19.4. The van der Waals surface area contributed by atoms with Crippen LogP contribution in [0.5, 0.6) is 0 Å². The van der Waals surface area contributed by atoms with Crippen LogP contribution in [-0.4, -0.2) is 14.5 Å². The van der Waals surface area contributed by atoms with Crippen molar-refractivity contribution in [2.75, 3.05) is 0 Å². The van der Waals surface area contributed by atoms with Crippen molar-refractivity contribution in [1.29, 1.82) is 0 Å². The first-order valence-corrected chi connectivity index (χ1v) is 3.50. The van der Waals surface area contributed by atoms with E-state index in [0.717, 1.165) is 7.05 Å². The summed E-state index contributed by atoms with van der Waals surface area (Å²) in [7, 11) is 1.08. The van der Waals surface area contributed by atoms with E-state index in [9.17, 15) is 23.3 Å². The molecule has 14 heavy (non-hydrogen) atoms. The zero-order chi connectivity index (χ0) is 11.1. The van der Waals surface area contributed by atoms with Crippen molar-refractivity contribution in [3.8, 4) is 0 Å². The number of hydrogen-bond donors (Lipinski definition) is 0. The fraction of sp³-hybridized carbons (Fsp3) is 0.500. The van der Waals surface area contributed by atoms with E-state index >= 15 is 0 Å². The summed E-state index contributed by atoms with van der Waals surface area (Å²) in [5.41, 5.74) is -0.123. The van der Waals surface area contributed by atoms with Gasteiger partial charge in [0, 0.05) is 7.05 Å². The maximum absolute atomic E-state index is 12.2. The maximum Gasteiger partial charge on any atom is 0.475 e. The van der Waals surface area contributed by atoms with Crippen molar-refractivity contribution >= 4 is 5.82 Å². The Morgan fingerprint density at radius 2 is 2.00 bits per heavy atom. The standard InChI is InChI=1S/C6H6F3N3O2/c1-3-4(12(13)14)10-5(11(3)2)6(7,8)9/h1-2H3. The lowest BCUT2D eigenvalue weighted by atomic mass is 10.5. The van der Waals surface area contributed by atoms with Crippen molar-refractivity contribution in [3.63, 3.8) is 0 Å². The second-order valence-electron chi connectivity index (χ2n) is 2.66. The molecule has 0 aliphatic carbocycles. The van der Waals surface area contributed by atoms with E-state index in [4.69, 9.17) is 0 Å². The van der Waals surface area contributed by atoms with E-state index in [1.54, 1.807) is 0 Å². The molecular weight excluding hydrogens is 203 g/mol. The molecule has 1 aromatic rings. The Morgan fingerprint density at radius 3 is 2.21 bits per heavy atom. The molecule has 8 heteroatoms. The molecular formula is C6H6F3N3O2. The van der Waals surface area contributed by atoms with Crippen LogP contribution < -0.4 is 0 Å². The molecule has 1 rings (SSSR count). The lowest BCUT2D eigenvalue weighted by molar-refractivity contribution is -0.390. The molecule has 5 nitrogen and oxygen atoms in total. The molecule has 0 bridgehead atoms. The summed E-state index contributed by atoms with van der Waals surface area (Å²) in [6.07, 6.45) is -4.67. The van der Waals surface area contributed by atoms with Gasteiger partial charge in [0.1, 0.15) is 5.69 Å². The van der Waals surface area contributed by atoms with Gasteiger partial charge in [-0.2, -0.15) is 13.2 Å². The fourth-order valence-electron chi connectivity index (χ4n) is 0.992. The van der Waals surface area contributed by atoms with Crippen molar-refractivity contribution in [3.05, 3.63) is 21.6 Å². The van der Waals surface area contributed by atoms with Gasteiger partial charge in [-0.05, 0) is 16.8 Å². The molecule has 78 valence electrons. The summed E-state index contributed by atoms with van der Waals surface area (Å²) in [5, 5.41) is 10.3. The summed E-state index contributed by atoms with van der Waals surface area (Å²) in [4.78, 5) is 12.3. The topological polar surface area (TPSA) is 61.0 Å². The van der Waals surface area contributed by atoms with Gasteiger partial charge in [0.2, 0.25) is 0 Å². The van der Waals surface area contributed by atoms with Gasteiger partial charge < -0.3 is 14.7 Å². The first kappa shape index (κ1) is 10.5. The van der Waals surface area contributed by atoms with Crippen LogP contribution in [0.4, 0.5) is 19.0 Å². The van der Waals surface area contributed by atoms with Crippen LogP contribution in [0.3, 0.4) is 0 Å². The van der Waals surface area contributed by atoms with Crippen molar-refractivity contribution in [1.82, 2.24) is 9.55 Å². The Labute approximate surface area is 76.3 Å². The quantitative estimate of drug-likeness (QED) is 0.521. The number of nitro groups is 1. The van der Waals surface area contributed by atoms with E-state index in [0.29, 0.717) is 4.57 Å². The number of aromatic nitrogens is 2. The smallest absolute Gasteiger partial charge is 0.358 e. The van der Waals surface area contributed by atoms with Crippen LogP contribution in [0.1, 0.15) is 11.5 Å². The Hall–Kier alpha value is -1.60. The minimum absolute atomic E-state index is 0.123. The van der Waals surface area contributed by atoms with Crippen molar-refractivity contribution < 1.29 is 18.1 Å². The Morgan fingerprint density at radius 1 is 1.50 bits per heavy atom. The summed E-state index contributed by atoms with van der Waals surface area (Å²) in [5.74, 6) is -2.03. The van der Waals surface area contributed by atoms with E-state index in [1.165, 1.54) is 6.92 Å². The van der Waals surface area contributed by atoms with Crippen LogP contribution in [-0.2, 0) is 13.2 Å². The Balaban J connectivity index is 3.37.